The van der Waals surface area contributed by atoms with Gasteiger partial charge >= 0.3 is 0 Å². The zero-order valence-corrected chi connectivity index (χ0v) is 11.6. The molecule has 0 aromatic carbocycles. The van der Waals surface area contributed by atoms with E-state index in [1.807, 2.05) is 0 Å². The summed E-state index contributed by atoms with van der Waals surface area (Å²) < 4.78 is 0. The summed E-state index contributed by atoms with van der Waals surface area (Å²) in [4.78, 5) is 12.9. The third-order valence-electron chi connectivity index (χ3n) is 3.01. The van der Waals surface area contributed by atoms with Crippen molar-refractivity contribution in [1.29, 1.82) is 0 Å². The molecule has 1 amide bonds. The average Bonchev–Trinajstić information content (AvgIpc) is 2.87. The zero-order chi connectivity index (χ0) is 11.4. The van der Waals surface area contributed by atoms with Gasteiger partial charge in [-0.05, 0) is 43.3 Å². The van der Waals surface area contributed by atoms with Crippen LogP contribution in [0.1, 0.15) is 29.7 Å². The number of rotatable bonds is 4. The minimum absolute atomic E-state index is 0. The van der Waals surface area contributed by atoms with Crippen LogP contribution in [-0.2, 0) is 11.3 Å². The Morgan fingerprint density at radius 3 is 3.06 bits per heavy atom. The predicted octanol–water partition coefficient (Wildman–Crippen LogP) is 2.24. The summed E-state index contributed by atoms with van der Waals surface area (Å²) in [5, 5.41) is 8.38. The van der Waals surface area contributed by atoms with Crippen molar-refractivity contribution >= 4 is 29.7 Å². The van der Waals surface area contributed by atoms with Crippen LogP contribution >= 0.6 is 23.7 Å². The molecule has 3 nitrogen and oxygen atoms in total. The van der Waals surface area contributed by atoms with Crippen LogP contribution in [0.5, 0.6) is 0 Å². The van der Waals surface area contributed by atoms with Gasteiger partial charge in [-0.25, -0.2) is 0 Å². The third-order valence-corrected chi connectivity index (χ3v) is 4.03. The Labute approximate surface area is 112 Å². The second-order valence-electron chi connectivity index (χ2n) is 4.30. The fourth-order valence-electron chi connectivity index (χ4n) is 1.99. The monoisotopic (exact) mass is 274 g/mol. The van der Waals surface area contributed by atoms with E-state index in [2.05, 4.69) is 29.0 Å². The smallest absolute Gasteiger partial charge is 0.221 e. The number of carbonyl (C=O) groups is 1. The summed E-state index contributed by atoms with van der Waals surface area (Å²) >= 11 is 1.70. The molecule has 1 atom stereocenters. The van der Waals surface area contributed by atoms with Crippen LogP contribution in [-0.4, -0.2) is 18.5 Å². The summed E-state index contributed by atoms with van der Waals surface area (Å²) in [6.45, 7) is 3.81. The number of hydrogen-bond acceptors (Lipinski definition) is 3. The summed E-state index contributed by atoms with van der Waals surface area (Å²) in [5.41, 5.74) is 1.27. The molecule has 5 heteroatoms. The molecule has 0 radical (unpaired) electrons. The van der Waals surface area contributed by atoms with Gasteiger partial charge in [0.25, 0.3) is 0 Å². The molecule has 2 heterocycles. The maximum Gasteiger partial charge on any atom is 0.221 e. The Hall–Kier alpha value is -0.580. The zero-order valence-electron chi connectivity index (χ0n) is 9.99. The standard InChI is InChI=1S/C12H18N2OS.ClH/c1-9-4-6-16-11(9)8-14-12(15)7-10-3-2-5-13-10;/h4,6,10,13H,2-3,5,7-8H2,1H3,(H,14,15);1H. The first-order valence-corrected chi connectivity index (χ1v) is 6.66. The van der Waals surface area contributed by atoms with E-state index in [0.717, 1.165) is 13.0 Å². The van der Waals surface area contributed by atoms with Gasteiger partial charge in [-0.2, -0.15) is 0 Å². The Morgan fingerprint density at radius 1 is 1.65 bits per heavy atom. The van der Waals surface area contributed by atoms with E-state index in [0.29, 0.717) is 19.0 Å². The molecule has 1 aromatic heterocycles. The molecule has 1 aliphatic heterocycles. The van der Waals surface area contributed by atoms with Gasteiger partial charge in [-0.3, -0.25) is 4.79 Å². The van der Waals surface area contributed by atoms with Gasteiger partial charge in [-0.15, -0.1) is 23.7 Å². The largest absolute Gasteiger partial charge is 0.351 e. The first-order chi connectivity index (χ1) is 7.75. The molecule has 0 spiro atoms. The highest BCUT2D eigenvalue weighted by atomic mass is 35.5. The summed E-state index contributed by atoms with van der Waals surface area (Å²) in [5.74, 6) is 0.159. The van der Waals surface area contributed by atoms with Crippen LogP contribution < -0.4 is 10.6 Å². The number of carbonyl (C=O) groups excluding carboxylic acids is 1. The highest BCUT2D eigenvalue weighted by Gasteiger charge is 2.17. The molecule has 96 valence electrons. The third kappa shape index (κ3) is 4.30. The Kier molecular flexibility index (Phi) is 5.95. The normalized spacial score (nSPS) is 18.8. The predicted molar refractivity (Wildman–Crippen MR) is 73.8 cm³/mol. The quantitative estimate of drug-likeness (QED) is 0.884. The van der Waals surface area contributed by atoms with E-state index in [9.17, 15) is 4.79 Å². The van der Waals surface area contributed by atoms with Crippen LogP contribution in [0.2, 0.25) is 0 Å². The lowest BCUT2D eigenvalue weighted by atomic mass is 10.1. The van der Waals surface area contributed by atoms with Crippen LogP contribution in [0, 0.1) is 6.92 Å². The first kappa shape index (κ1) is 14.5. The van der Waals surface area contributed by atoms with Gasteiger partial charge in [-0.1, -0.05) is 0 Å². The lowest BCUT2D eigenvalue weighted by Gasteiger charge is -2.10. The number of aryl methyl sites for hydroxylation is 1. The molecule has 17 heavy (non-hydrogen) atoms. The molecule has 0 bridgehead atoms. The number of halogens is 1. The number of hydrogen-bond donors (Lipinski definition) is 2. The van der Waals surface area contributed by atoms with Crippen molar-refractivity contribution in [2.75, 3.05) is 6.54 Å². The van der Waals surface area contributed by atoms with Crippen LogP contribution in [0.25, 0.3) is 0 Å². The fourth-order valence-corrected chi connectivity index (χ4v) is 2.84. The maximum atomic E-state index is 11.7. The van der Waals surface area contributed by atoms with Gasteiger partial charge in [0.2, 0.25) is 5.91 Å². The Morgan fingerprint density at radius 2 is 2.47 bits per heavy atom. The molecule has 2 N–H and O–H groups in total. The SMILES string of the molecule is Cc1ccsc1CNC(=O)CC1CCCN1.Cl. The molecular weight excluding hydrogens is 256 g/mol. The van der Waals surface area contributed by atoms with E-state index in [1.54, 1.807) is 11.3 Å². The van der Waals surface area contributed by atoms with E-state index >= 15 is 0 Å². The van der Waals surface area contributed by atoms with E-state index in [4.69, 9.17) is 0 Å². The average molecular weight is 275 g/mol. The lowest BCUT2D eigenvalue weighted by molar-refractivity contribution is -0.121. The van der Waals surface area contributed by atoms with Crippen molar-refractivity contribution in [3.05, 3.63) is 21.9 Å². The van der Waals surface area contributed by atoms with Crippen LogP contribution in [0.4, 0.5) is 0 Å². The van der Waals surface area contributed by atoms with Crippen LogP contribution in [0.15, 0.2) is 11.4 Å². The second-order valence-corrected chi connectivity index (χ2v) is 5.30. The Bertz CT molecular complexity index is 361. The van der Waals surface area contributed by atoms with Crippen molar-refractivity contribution in [3.63, 3.8) is 0 Å². The molecule has 2 rings (SSSR count). The molecule has 0 aliphatic carbocycles. The molecule has 0 saturated carbocycles. The van der Waals surface area contributed by atoms with Gasteiger partial charge in [0, 0.05) is 17.3 Å². The van der Waals surface area contributed by atoms with Crippen molar-refractivity contribution in [1.82, 2.24) is 10.6 Å². The summed E-state index contributed by atoms with van der Waals surface area (Å²) in [6.07, 6.45) is 2.94. The topological polar surface area (TPSA) is 41.1 Å². The first-order valence-electron chi connectivity index (χ1n) is 5.79. The Balaban J connectivity index is 0.00000144. The number of thiophene rings is 1. The highest BCUT2D eigenvalue weighted by molar-refractivity contribution is 7.10. The van der Waals surface area contributed by atoms with Gasteiger partial charge in [0.15, 0.2) is 0 Å². The van der Waals surface area contributed by atoms with E-state index in [-0.39, 0.29) is 18.3 Å². The molecule has 1 saturated heterocycles. The molecule has 1 fully saturated rings. The number of amides is 1. The van der Waals surface area contributed by atoms with Gasteiger partial charge in [0.05, 0.1) is 6.54 Å². The van der Waals surface area contributed by atoms with E-state index < -0.39 is 0 Å². The van der Waals surface area contributed by atoms with Crippen molar-refractivity contribution < 1.29 is 4.79 Å². The lowest BCUT2D eigenvalue weighted by Crippen LogP contribution is -2.31. The number of nitrogens with one attached hydrogen (secondary N) is 2. The van der Waals surface area contributed by atoms with E-state index in [1.165, 1.54) is 16.9 Å². The van der Waals surface area contributed by atoms with Crippen molar-refractivity contribution in [2.24, 2.45) is 0 Å². The van der Waals surface area contributed by atoms with Gasteiger partial charge in [0.1, 0.15) is 0 Å². The summed E-state index contributed by atoms with van der Waals surface area (Å²) in [7, 11) is 0. The molecule has 1 aliphatic rings. The van der Waals surface area contributed by atoms with Crippen molar-refractivity contribution in [3.8, 4) is 0 Å². The second kappa shape index (κ2) is 6.99. The molecule has 1 unspecified atom stereocenters. The summed E-state index contributed by atoms with van der Waals surface area (Å²) in [6, 6.07) is 2.48. The highest BCUT2D eigenvalue weighted by Crippen LogP contribution is 2.15. The van der Waals surface area contributed by atoms with Crippen LogP contribution in [0.3, 0.4) is 0 Å². The minimum atomic E-state index is 0. The molecular formula is C12H19ClN2OS. The fraction of sp³-hybridized carbons (Fsp3) is 0.583. The van der Waals surface area contributed by atoms with Crippen molar-refractivity contribution in [2.45, 2.75) is 38.8 Å². The van der Waals surface area contributed by atoms with Gasteiger partial charge < -0.3 is 10.6 Å². The maximum absolute atomic E-state index is 11.7. The molecule has 1 aromatic rings. The minimum Gasteiger partial charge on any atom is -0.351 e.